The van der Waals surface area contributed by atoms with Crippen molar-refractivity contribution in [2.45, 2.75) is 6.54 Å². The van der Waals surface area contributed by atoms with Crippen LogP contribution in [0.25, 0.3) is 0 Å². The SMILES string of the molecule is [O-]c1ccc(Br)cc1CN=C1Nc2ccccc2[NH2+]1. The predicted octanol–water partition coefficient (Wildman–Crippen LogP) is 1.70. The highest BCUT2D eigenvalue weighted by molar-refractivity contribution is 9.10. The summed E-state index contributed by atoms with van der Waals surface area (Å²) in [6.07, 6.45) is 0. The summed E-state index contributed by atoms with van der Waals surface area (Å²) in [4.78, 5) is 4.44. The maximum Gasteiger partial charge on any atom is 0.304 e. The Bertz CT molecular complexity index is 628. The zero-order valence-corrected chi connectivity index (χ0v) is 11.6. The van der Waals surface area contributed by atoms with E-state index in [1.807, 2.05) is 35.6 Å². The van der Waals surface area contributed by atoms with Crippen LogP contribution in [0, 0.1) is 0 Å². The van der Waals surface area contributed by atoms with Crippen molar-refractivity contribution in [1.82, 2.24) is 0 Å². The van der Waals surface area contributed by atoms with Gasteiger partial charge in [0.25, 0.3) is 0 Å². The molecule has 5 heteroatoms. The first kappa shape index (κ1) is 12.2. The Kier molecular flexibility index (Phi) is 3.23. The number of aliphatic imine (C=N–C) groups is 1. The van der Waals surface area contributed by atoms with Gasteiger partial charge in [-0.2, -0.15) is 0 Å². The van der Waals surface area contributed by atoms with Crippen LogP contribution >= 0.6 is 15.9 Å². The minimum absolute atomic E-state index is 0.0167. The smallest absolute Gasteiger partial charge is 0.304 e. The van der Waals surface area contributed by atoms with Gasteiger partial charge in [-0.3, -0.25) is 5.32 Å². The lowest BCUT2D eigenvalue weighted by Crippen LogP contribution is -2.81. The van der Waals surface area contributed by atoms with Crippen LogP contribution in [0.5, 0.6) is 5.75 Å². The number of benzene rings is 2. The maximum absolute atomic E-state index is 11.7. The van der Waals surface area contributed by atoms with Gasteiger partial charge in [-0.25, -0.2) is 10.3 Å². The number of para-hydroxylation sites is 2. The largest absolute Gasteiger partial charge is 0.872 e. The van der Waals surface area contributed by atoms with Crippen molar-refractivity contribution >= 4 is 33.3 Å². The quantitative estimate of drug-likeness (QED) is 0.828. The first-order valence-corrected chi connectivity index (χ1v) is 6.72. The molecule has 0 radical (unpaired) electrons. The van der Waals surface area contributed by atoms with Crippen molar-refractivity contribution in [1.29, 1.82) is 0 Å². The molecule has 0 unspecified atom stereocenters. The fourth-order valence-electron chi connectivity index (χ4n) is 1.99. The number of nitrogens with zero attached hydrogens (tertiary/aromatic N) is 1. The molecule has 0 atom stereocenters. The number of guanidine groups is 1. The Labute approximate surface area is 119 Å². The van der Waals surface area contributed by atoms with Crippen LogP contribution in [0.15, 0.2) is 51.9 Å². The minimum atomic E-state index is 0.0167. The molecule has 1 heterocycles. The van der Waals surface area contributed by atoms with E-state index in [0.29, 0.717) is 12.1 Å². The number of anilines is 1. The summed E-state index contributed by atoms with van der Waals surface area (Å²) in [5.74, 6) is 0.809. The number of hydrogen-bond acceptors (Lipinski definition) is 2. The highest BCUT2D eigenvalue weighted by Gasteiger charge is 2.19. The third-order valence-electron chi connectivity index (χ3n) is 2.96. The van der Waals surface area contributed by atoms with Gasteiger partial charge in [-0.05, 0) is 23.8 Å². The molecule has 0 aromatic heterocycles. The Balaban J connectivity index is 1.77. The van der Waals surface area contributed by atoms with Gasteiger partial charge in [0.1, 0.15) is 5.69 Å². The maximum atomic E-state index is 11.7. The highest BCUT2D eigenvalue weighted by atomic mass is 79.9. The van der Waals surface area contributed by atoms with E-state index in [-0.39, 0.29) is 5.75 Å². The lowest BCUT2D eigenvalue weighted by Gasteiger charge is -2.11. The van der Waals surface area contributed by atoms with Crippen molar-refractivity contribution in [3.05, 3.63) is 52.5 Å². The summed E-state index contributed by atoms with van der Waals surface area (Å²) in [6.45, 7) is 0.380. The molecule has 3 rings (SSSR count). The van der Waals surface area contributed by atoms with E-state index < -0.39 is 0 Å². The van der Waals surface area contributed by atoms with E-state index in [9.17, 15) is 5.11 Å². The summed E-state index contributed by atoms with van der Waals surface area (Å²) in [6, 6.07) is 13.1. The molecule has 19 heavy (non-hydrogen) atoms. The lowest BCUT2D eigenvalue weighted by molar-refractivity contribution is -0.437. The molecular formula is C14H12BrN3O. The number of rotatable bonds is 2. The zero-order valence-electron chi connectivity index (χ0n) is 10.1. The molecule has 4 nitrogen and oxygen atoms in total. The Morgan fingerprint density at radius 3 is 2.89 bits per heavy atom. The lowest BCUT2D eigenvalue weighted by atomic mass is 10.2. The van der Waals surface area contributed by atoms with E-state index in [2.05, 4.69) is 26.2 Å². The molecule has 0 saturated carbocycles. The molecule has 0 bridgehead atoms. The average Bonchev–Trinajstić information content (AvgIpc) is 2.82. The van der Waals surface area contributed by atoms with Gasteiger partial charge in [0, 0.05) is 10.5 Å². The molecule has 1 aliphatic rings. The second-order valence-electron chi connectivity index (χ2n) is 4.31. The molecular weight excluding hydrogens is 306 g/mol. The van der Waals surface area contributed by atoms with Gasteiger partial charge >= 0.3 is 5.96 Å². The average molecular weight is 318 g/mol. The molecule has 0 spiro atoms. The predicted molar refractivity (Wildman–Crippen MR) is 76.4 cm³/mol. The number of nitrogens with two attached hydrogens (primary N) is 1. The number of nitrogens with one attached hydrogen (secondary N) is 1. The molecule has 2 aromatic rings. The Hall–Kier alpha value is -1.85. The van der Waals surface area contributed by atoms with Gasteiger partial charge in [-0.1, -0.05) is 34.1 Å². The third kappa shape index (κ3) is 2.62. The van der Waals surface area contributed by atoms with Crippen LogP contribution in [-0.4, -0.2) is 5.96 Å². The van der Waals surface area contributed by atoms with Gasteiger partial charge in [-0.15, -0.1) is 5.75 Å². The fraction of sp³-hybridized carbons (Fsp3) is 0.0714. The Morgan fingerprint density at radius 1 is 1.21 bits per heavy atom. The highest BCUT2D eigenvalue weighted by Crippen LogP contribution is 2.21. The number of quaternary nitrogens is 1. The normalized spacial score (nSPS) is 15.3. The molecule has 3 N–H and O–H groups in total. The van der Waals surface area contributed by atoms with Crippen molar-refractivity contribution < 1.29 is 10.4 Å². The van der Waals surface area contributed by atoms with Crippen LogP contribution in [0.1, 0.15) is 5.56 Å². The zero-order chi connectivity index (χ0) is 13.2. The van der Waals surface area contributed by atoms with Crippen molar-refractivity contribution in [3.8, 4) is 5.75 Å². The molecule has 0 aliphatic carbocycles. The summed E-state index contributed by atoms with van der Waals surface area (Å²) >= 11 is 3.36. The first-order chi connectivity index (χ1) is 9.22. The number of fused-ring (bicyclic) bond motifs is 1. The van der Waals surface area contributed by atoms with Crippen LogP contribution < -0.4 is 15.7 Å². The van der Waals surface area contributed by atoms with Crippen molar-refractivity contribution in [2.24, 2.45) is 4.99 Å². The molecule has 2 aromatic carbocycles. The van der Waals surface area contributed by atoms with Gasteiger partial charge in [0.2, 0.25) is 0 Å². The summed E-state index contributed by atoms with van der Waals surface area (Å²) in [5.41, 5.74) is 2.86. The molecule has 0 saturated heterocycles. The second kappa shape index (κ2) is 5.03. The number of halogens is 1. The van der Waals surface area contributed by atoms with Crippen LogP contribution in [0.3, 0.4) is 0 Å². The fourth-order valence-corrected chi connectivity index (χ4v) is 2.39. The van der Waals surface area contributed by atoms with E-state index in [0.717, 1.165) is 21.8 Å². The molecule has 0 fully saturated rings. The summed E-state index contributed by atoms with van der Waals surface area (Å²) in [5, 5.41) is 16.9. The van der Waals surface area contributed by atoms with Gasteiger partial charge < -0.3 is 5.11 Å². The molecule has 0 amide bonds. The van der Waals surface area contributed by atoms with E-state index in [1.165, 1.54) is 0 Å². The second-order valence-corrected chi connectivity index (χ2v) is 5.23. The van der Waals surface area contributed by atoms with Gasteiger partial charge in [0.05, 0.1) is 6.54 Å². The number of hydrogen-bond donors (Lipinski definition) is 2. The monoisotopic (exact) mass is 317 g/mol. The summed E-state index contributed by atoms with van der Waals surface area (Å²) in [7, 11) is 0. The van der Waals surface area contributed by atoms with E-state index >= 15 is 0 Å². The summed E-state index contributed by atoms with van der Waals surface area (Å²) < 4.78 is 0.897. The Morgan fingerprint density at radius 2 is 2.05 bits per heavy atom. The van der Waals surface area contributed by atoms with Crippen LogP contribution in [0.4, 0.5) is 11.4 Å². The van der Waals surface area contributed by atoms with Crippen LogP contribution in [0.2, 0.25) is 0 Å². The van der Waals surface area contributed by atoms with E-state index in [4.69, 9.17) is 0 Å². The third-order valence-corrected chi connectivity index (χ3v) is 3.45. The van der Waals surface area contributed by atoms with Crippen molar-refractivity contribution in [2.75, 3.05) is 5.32 Å². The first-order valence-electron chi connectivity index (χ1n) is 5.93. The van der Waals surface area contributed by atoms with Crippen molar-refractivity contribution in [3.63, 3.8) is 0 Å². The topological polar surface area (TPSA) is 64.1 Å². The molecule has 96 valence electrons. The molecule has 1 aliphatic heterocycles. The standard InChI is InChI=1S/C14H12BrN3O/c15-10-5-6-13(19)9(7-10)8-16-14-17-11-3-1-2-4-12(11)18-14/h1-7,19H,8H2,(H2,16,17,18). The minimum Gasteiger partial charge on any atom is -0.872 e. The van der Waals surface area contributed by atoms with Gasteiger partial charge in [0.15, 0.2) is 5.69 Å². The van der Waals surface area contributed by atoms with E-state index in [1.54, 1.807) is 12.1 Å². The van der Waals surface area contributed by atoms with Crippen LogP contribution in [-0.2, 0) is 6.54 Å².